The van der Waals surface area contributed by atoms with Crippen LogP contribution in [0.15, 0.2) is 0 Å². The van der Waals surface area contributed by atoms with Gasteiger partial charge in [0.1, 0.15) is 0 Å². The molecule has 1 amide bonds. The third-order valence-corrected chi connectivity index (χ3v) is 2.85. The molecule has 0 aromatic carbocycles. The first-order valence-corrected chi connectivity index (χ1v) is 5.84. The second-order valence-electron chi connectivity index (χ2n) is 4.51. The summed E-state index contributed by atoms with van der Waals surface area (Å²) in [4.78, 5) is 11.4. The van der Waals surface area contributed by atoms with Gasteiger partial charge in [0.15, 0.2) is 0 Å². The Morgan fingerprint density at radius 3 is 2.80 bits per heavy atom. The molecule has 4 heteroatoms. The molecule has 0 aromatic heterocycles. The molecule has 3 N–H and O–H groups in total. The number of likely N-dealkylation sites (N-methyl/N-ethyl adjacent to an activating group) is 1. The van der Waals surface area contributed by atoms with Gasteiger partial charge < -0.3 is 16.0 Å². The Labute approximate surface area is 92.2 Å². The van der Waals surface area contributed by atoms with E-state index >= 15 is 0 Å². The van der Waals surface area contributed by atoms with Gasteiger partial charge in [0, 0.05) is 19.1 Å². The minimum atomic E-state index is 0.0269. The van der Waals surface area contributed by atoms with E-state index in [-0.39, 0.29) is 11.9 Å². The van der Waals surface area contributed by atoms with Gasteiger partial charge in [-0.3, -0.25) is 4.79 Å². The van der Waals surface area contributed by atoms with Crippen LogP contribution in [0.25, 0.3) is 0 Å². The highest BCUT2D eigenvalue weighted by atomic mass is 16.2. The summed E-state index contributed by atoms with van der Waals surface area (Å²) < 4.78 is 0. The zero-order valence-electron chi connectivity index (χ0n) is 9.97. The van der Waals surface area contributed by atoms with Crippen molar-refractivity contribution in [3.8, 4) is 0 Å². The molecule has 1 aliphatic heterocycles. The van der Waals surface area contributed by atoms with Crippen LogP contribution in [0.2, 0.25) is 0 Å². The Balaban J connectivity index is 2.16. The van der Waals surface area contributed by atoms with Gasteiger partial charge in [-0.25, -0.2) is 0 Å². The summed E-state index contributed by atoms with van der Waals surface area (Å²) in [6.07, 6.45) is 3.18. The molecule has 88 valence electrons. The van der Waals surface area contributed by atoms with Crippen molar-refractivity contribution in [2.75, 3.05) is 13.6 Å². The maximum absolute atomic E-state index is 11.4. The average Bonchev–Trinajstić information content (AvgIpc) is 2.65. The van der Waals surface area contributed by atoms with E-state index in [1.54, 1.807) is 7.05 Å². The number of hydrogen-bond donors (Lipinski definition) is 3. The molecular formula is C11H23N3O. The number of rotatable bonds is 5. The molecule has 2 unspecified atom stereocenters. The van der Waals surface area contributed by atoms with Crippen LogP contribution in [0.5, 0.6) is 0 Å². The van der Waals surface area contributed by atoms with E-state index in [2.05, 4.69) is 29.8 Å². The van der Waals surface area contributed by atoms with Crippen LogP contribution in [0, 0.1) is 0 Å². The average molecular weight is 213 g/mol. The third kappa shape index (κ3) is 4.18. The van der Waals surface area contributed by atoms with Gasteiger partial charge in [-0.15, -0.1) is 0 Å². The van der Waals surface area contributed by atoms with Gasteiger partial charge in [0.05, 0.1) is 6.04 Å². The van der Waals surface area contributed by atoms with Crippen molar-refractivity contribution < 1.29 is 4.79 Å². The Bertz CT molecular complexity index is 206. The Hall–Kier alpha value is -0.610. The van der Waals surface area contributed by atoms with Crippen LogP contribution >= 0.6 is 0 Å². The zero-order chi connectivity index (χ0) is 11.3. The molecule has 0 bridgehead atoms. The summed E-state index contributed by atoms with van der Waals surface area (Å²) in [7, 11) is 1.69. The summed E-state index contributed by atoms with van der Waals surface area (Å²) in [5.74, 6) is 0.120. The molecule has 1 aliphatic rings. The molecular weight excluding hydrogens is 190 g/mol. The minimum Gasteiger partial charge on any atom is -0.358 e. The first kappa shape index (κ1) is 12.5. The summed E-state index contributed by atoms with van der Waals surface area (Å²) in [6.45, 7) is 5.32. The van der Waals surface area contributed by atoms with Crippen molar-refractivity contribution >= 4 is 5.91 Å². The third-order valence-electron chi connectivity index (χ3n) is 2.85. The van der Waals surface area contributed by atoms with Crippen LogP contribution < -0.4 is 16.0 Å². The topological polar surface area (TPSA) is 53.2 Å². The molecule has 1 heterocycles. The van der Waals surface area contributed by atoms with E-state index in [1.165, 1.54) is 0 Å². The maximum atomic E-state index is 11.4. The summed E-state index contributed by atoms with van der Waals surface area (Å²) in [5.41, 5.74) is 0. The number of nitrogens with one attached hydrogen (secondary N) is 3. The first-order valence-electron chi connectivity index (χ1n) is 5.84. The molecule has 1 rings (SSSR count). The Morgan fingerprint density at radius 2 is 2.20 bits per heavy atom. The SMILES string of the molecule is CNC(=O)C1CCC(CCNC(C)C)N1. The molecule has 0 radical (unpaired) electrons. The molecule has 1 saturated heterocycles. The van der Waals surface area contributed by atoms with Crippen molar-refractivity contribution in [3.05, 3.63) is 0 Å². The van der Waals surface area contributed by atoms with Crippen LogP contribution in [0.4, 0.5) is 0 Å². The molecule has 0 spiro atoms. The summed E-state index contributed by atoms with van der Waals surface area (Å²) >= 11 is 0. The fourth-order valence-electron chi connectivity index (χ4n) is 1.97. The molecule has 0 saturated carbocycles. The lowest BCUT2D eigenvalue weighted by Crippen LogP contribution is -2.42. The predicted octanol–water partition coefficient (Wildman–Crippen LogP) is 0.241. The molecule has 2 atom stereocenters. The van der Waals surface area contributed by atoms with Gasteiger partial charge in [-0.2, -0.15) is 0 Å². The second-order valence-corrected chi connectivity index (χ2v) is 4.51. The van der Waals surface area contributed by atoms with Gasteiger partial charge >= 0.3 is 0 Å². The lowest BCUT2D eigenvalue weighted by molar-refractivity contribution is -0.122. The molecule has 15 heavy (non-hydrogen) atoms. The normalized spacial score (nSPS) is 25.9. The van der Waals surface area contributed by atoms with Gasteiger partial charge in [0.25, 0.3) is 0 Å². The van der Waals surface area contributed by atoms with E-state index in [0.717, 1.165) is 25.8 Å². The lowest BCUT2D eigenvalue weighted by Gasteiger charge is -2.14. The smallest absolute Gasteiger partial charge is 0.236 e. The van der Waals surface area contributed by atoms with E-state index in [4.69, 9.17) is 0 Å². The number of hydrogen-bond acceptors (Lipinski definition) is 3. The Morgan fingerprint density at radius 1 is 1.47 bits per heavy atom. The fraction of sp³-hybridized carbons (Fsp3) is 0.909. The molecule has 0 aliphatic carbocycles. The van der Waals surface area contributed by atoms with E-state index in [1.807, 2.05) is 0 Å². The van der Waals surface area contributed by atoms with Crippen molar-refractivity contribution in [3.63, 3.8) is 0 Å². The van der Waals surface area contributed by atoms with Crippen LogP contribution in [0.1, 0.15) is 33.1 Å². The largest absolute Gasteiger partial charge is 0.358 e. The summed E-state index contributed by atoms with van der Waals surface area (Å²) in [6, 6.07) is 1.07. The molecule has 0 aromatic rings. The number of amides is 1. The van der Waals surface area contributed by atoms with Crippen molar-refractivity contribution in [2.24, 2.45) is 0 Å². The van der Waals surface area contributed by atoms with Crippen LogP contribution in [0.3, 0.4) is 0 Å². The number of carbonyl (C=O) groups is 1. The van der Waals surface area contributed by atoms with Crippen LogP contribution in [-0.2, 0) is 4.79 Å². The van der Waals surface area contributed by atoms with Gasteiger partial charge in [-0.1, -0.05) is 13.8 Å². The van der Waals surface area contributed by atoms with Crippen LogP contribution in [-0.4, -0.2) is 37.6 Å². The number of carbonyl (C=O) groups excluding carboxylic acids is 1. The van der Waals surface area contributed by atoms with Gasteiger partial charge in [0.2, 0.25) is 5.91 Å². The minimum absolute atomic E-state index is 0.0269. The second kappa shape index (κ2) is 6.08. The summed E-state index contributed by atoms with van der Waals surface area (Å²) in [5, 5.41) is 9.44. The Kier molecular flexibility index (Phi) is 5.05. The van der Waals surface area contributed by atoms with E-state index < -0.39 is 0 Å². The van der Waals surface area contributed by atoms with Gasteiger partial charge in [-0.05, 0) is 25.8 Å². The van der Waals surface area contributed by atoms with E-state index in [0.29, 0.717) is 12.1 Å². The quantitative estimate of drug-likeness (QED) is 0.613. The van der Waals surface area contributed by atoms with Crippen molar-refractivity contribution in [1.82, 2.24) is 16.0 Å². The maximum Gasteiger partial charge on any atom is 0.236 e. The molecule has 1 fully saturated rings. The lowest BCUT2D eigenvalue weighted by atomic mass is 10.1. The van der Waals surface area contributed by atoms with Crippen molar-refractivity contribution in [1.29, 1.82) is 0 Å². The highest BCUT2D eigenvalue weighted by Gasteiger charge is 2.27. The monoisotopic (exact) mass is 213 g/mol. The first-order chi connectivity index (χ1) is 7.13. The van der Waals surface area contributed by atoms with E-state index in [9.17, 15) is 4.79 Å². The van der Waals surface area contributed by atoms with Crippen molar-refractivity contribution in [2.45, 2.75) is 51.2 Å². The predicted molar refractivity (Wildman–Crippen MR) is 61.8 cm³/mol. The zero-order valence-corrected chi connectivity index (χ0v) is 9.97. The standard InChI is InChI=1S/C11H23N3O/c1-8(2)13-7-6-9-4-5-10(14-9)11(15)12-3/h8-10,13-14H,4-7H2,1-3H3,(H,12,15). The highest BCUT2D eigenvalue weighted by molar-refractivity contribution is 5.81. The fourth-order valence-corrected chi connectivity index (χ4v) is 1.97. The molecule has 4 nitrogen and oxygen atoms in total. The highest BCUT2D eigenvalue weighted by Crippen LogP contribution is 2.14.